The van der Waals surface area contributed by atoms with Crippen molar-refractivity contribution < 1.29 is 15.1 Å². The van der Waals surface area contributed by atoms with Gasteiger partial charge in [-0.3, -0.25) is 0 Å². The Morgan fingerprint density at radius 3 is 2.76 bits per heavy atom. The molecule has 2 N–H and O–H groups in total. The standard InChI is InChI=1S/C21H31NO3/c1-4-5-6-7-11-21(2,3)14-12-17(23)19-15-9-8-10-16(22-24)20(15)25-18(19)13-14/h12-13,15,20,23-24H,4-11H2,1-3H3/b22-16+. The summed E-state index contributed by atoms with van der Waals surface area (Å²) < 4.78 is 6.12. The molecule has 25 heavy (non-hydrogen) atoms. The second-order valence-corrected chi connectivity index (χ2v) is 8.23. The van der Waals surface area contributed by atoms with Gasteiger partial charge in [0.2, 0.25) is 0 Å². The number of fused-ring (bicyclic) bond motifs is 3. The fraction of sp³-hybridized carbons (Fsp3) is 0.667. The molecule has 0 saturated heterocycles. The fourth-order valence-electron chi connectivity index (χ4n) is 4.33. The number of oxime groups is 1. The summed E-state index contributed by atoms with van der Waals surface area (Å²) in [6.45, 7) is 6.70. The number of benzene rings is 1. The summed E-state index contributed by atoms with van der Waals surface area (Å²) in [5.74, 6) is 1.21. The van der Waals surface area contributed by atoms with Gasteiger partial charge < -0.3 is 15.1 Å². The van der Waals surface area contributed by atoms with E-state index in [1.807, 2.05) is 6.07 Å². The molecule has 1 aliphatic carbocycles. The minimum Gasteiger partial charge on any atom is -0.508 e. The van der Waals surface area contributed by atoms with Crippen LogP contribution in [0.5, 0.6) is 11.5 Å². The van der Waals surface area contributed by atoms with E-state index >= 15 is 0 Å². The van der Waals surface area contributed by atoms with Crippen LogP contribution < -0.4 is 4.74 Å². The van der Waals surface area contributed by atoms with Gasteiger partial charge in [0.25, 0.3) is 0 Å². The third-order valence-corrected chi connectivity index (χ3v) is 5.95. The molecule has 1 saturated carbocycles. The summed E-state index contributed by atoms with van der Waals surface area (Å²) in [5, 5.41) is 23.4. The maximum Gasteiger partial charge on any atom is 0.147 e. The quantitative estimate of drug-likeness (QED) is 0.406. The molecule has 4 heteroatoms. The molecule has 0 spiro atoms. The monoisotopic (exact) mass is 345 g/mol. The number of rotatable bonds is 6. The van der Waals surface area contributed by atoms with Gasteiger partial charge in [0.1, 0.15) is 17.6 Å². The number of ether oxygens (including phenoxy) is 1. The van der Waals surface area contributed by atoms with Gasteiger partial charge in [0.15, 0.2) is 0 Å². The maximum atomic E-state index is 10.7. The van der Waals surface area contributed by atoms with Crippen molar-refractivity contribution in [3.8, 4) is 11.5 Å². The smallest absolute Gasteiger partial charge is 0.147 e. The molecule has 1 aliphatic heterocycles. The zero-order chi connectivity index (χ0) is 18.0. The Balaban J connectivity index is 1.84. The van der Waals surface area contributed by atoms with Gasteiger partial charge in [0.05, 0.1) is 5.71 Å². The highest BCUT2D eigenvalue weighted by atomic mass is 16.5. The minimum atomic E-state index is -0.220. The van der Waals surface area contributed by atoms with Gasteiger partial charge in [-0.15, -0.1) is 0 Å². The molecule has 1 aromatic rings. The van der Waals surface area contributed by atoms with Crippen LogP contribution in [0, 0.1) is 0 Å². The number of unbranched alkanes of at least 4 members (excludes halogenated alkanes) is 3. The summed E-state index contributed by atoms with van der Waals surface area (Å²) in [6.07, 6.45) is 8.55. The molecule has 2 aliphatic rings. The first-order valence-corrected chi connectivity index (χ1v) is 9.72. The molecule has 4 nitrogen and oxygen atoms in total. The molecule has 3 rings (SSSR count). The van der Waals surface area contributed by atoms with Crippen molar-refractivity contribution >= 4 is 5.71 Å². The number of phenolic OH excluding ortho intramolecular Hbond substituents is 1. The van der Waals surface area contributed by atoms with Crippen LogP contribution in [0.2, 0.25) is 0 Å². The average Bonchev–Trinajstić information content (AvgIpc) is 2.97. The van der Waals surface area contributed by atoms with Gasteiger partial charge in [-0.05, 0) is 48.8 Å². The fourth-order valence-corrected chi connectivity index (χ4v) is 4.33. The SMILES string of the molecule is CCCCCCC(C)(C)c1cc(O)c2c(c1)OC1/C(=N/O)CCCC21. The summed E-state index contributed by atoms with van der Waals surface area (Å²) in [5.41, 5.74) is 2.73. The Bertz CT molecular complexity index is 651. The van der Waals surface area contributed by atoms with Gasteiger partial charge in [-0.2, -0.15) is 0 Å². The van der Waals surface area contributed by atoms with Gasteiger partial charge >= 0.3 is 0 Å². The molecule has 0 bridgehead atoms. The summed E-state index contributed by atoms with van der Waals surface area (Å²) in [7, 11) is 0. The van der Waals surface area contributed by atoms with E-state index in [4.69, 9.17) is 4.74 Å². The normalized spacial score (nSPS) is 24.0. The molecule has 1 heterocycles. The highest BCUT2D eigenvalue weighted by Crippen LogP contribution is 2.50. The molecule has 2 unspecified atom stereocenters. The lowest BCUT2D eigenvalue weighted by atomic mass is 9.77. The Morgan fingerprint density at radius 2 is 2.04 bits per heavy atom. The van der Waals surface area contributed by atoms with Crippen molar-refractivity contribution in [2.24, 2.45) is 5.16 Å². The van der Waals surface area contributed by atoms with Crippen LogP contribution >= 0.6 is 0 Å². The van der Waals surface area contributed by atoms with Crippen molar-refractivity contribution in [1.82, 2.24) is 0 Å². The lowest BCUT2D eigenvalue weighted by Gasteiger charge is -2.26. The molecule has 1 fully saturated rings. The molecule has 1 aromatic carbocycles. The van der Waals surface area contributed by atoms with Crippen molar-refractivity contribution in [2.75, 3.05) is 0 Å². The Morgan fingerprint density at radius 1 is 1.24 bits per heavy atom. The molecule has 0 amide bonds. The van der Waals surface area contributed by atoms with Crippen molar-refractivity contribution in [1.29, 1.82) is 0 Å². The van der Waals surface area contributed by atoms with Crippen LogP contribution in [0.15, 0.2) is 17.3 Å². The second-order valence-electron chi connectivity index (χ2n) is 8.23. The molecule has 138 valence electrons. The lowest BCUT2D eigenvalue weighted by molar-refractivity contribution is 0.236. The molecular formula is C21H31NO3. The predicted octanol–water partition coefficient (Wildman–Crippen LogP) is 5.50. The number of aromatic hydroxyl groups is 1. The largest absolute Gasteiger partial charge is 0.508 e. The Kier molecular flexibility index (Phi) is 5.26. The van der Waals surface area contributed by atoms with E-state index in [2.05, 4.69) is 32.0 Å². The minimum absolute atomic E-state index is 0.00523. The van der Waals surface area contributed by atoms with E-state index in [9.17, 15) is 10.3 Å². The van der Waals surface area contributed by atoms with E-state index in [0.29, 0.717) is 11.5 Å². The van der Waals surface area contributed by atoms with Crippen LogP contribution in [0.4, 0.5) is 0 Å². The van der Waals surface area contributed by atoms with Crippen molar-refractivity contribution in [3.05, 3.63) is 23.3 Å². The van der Waals surface area contributed by atoms with Crippen LogP contribution in [-0.4, -0.2) is 22.1 Å². The topological polar surface area (TPSA) is 62.0 Å². The van der Waals surface area contributed by atoms with Crippen molar-refractivity contribution in [3.63, 3.8) is 0 Å². The zero-order valence-corrected chi connectivity index (χ0v) is 15.7. The van der Waals surface area contributed by atoms with E-state index in [1.54, 1.807) is 0 Å². The van der Waals surface area contributed by atoms with Crippen LogP contribution in [0.1, 0.15) is 89.2 Å². The van der Waals surface area contributed by atoms with E-state index in [-0.39, 0.29) is 17.4 Å². The van der Waals surface area contributed by atoms with Gasteiger partial charge in [-0.1, -0.05) is 51.6 Å². The average molecular weight is 345 g/mol. The van der Waals surface area contributed by atoms with E-state index in [1.165, 1.54) is 25.7 Å². The number of phenols is 1. The lowest BCUT2D eigenvalue weighted by Crippen LogP contribution is -2.32. The molecule has 0 radical (unpaired) electrons. The van der Waals surface area contributed by atoms with Gasteiger partial charge in [-0.25, -0.2) is 0 Å². The van der Waals surface area contributed by atoms with Crippen LogP contribution in [-0.2, 0) is 5.41 Å². The molecular weight excluding hydrogens is 314 g/mol. The Hall–Kier alpha value is -1.71. The molecule has 2 atom stereocenters. The second kappa shape index (κ2) is 7.27. The number of hydrogen-bond donors (Lipinski definition) is 2. The first kappa shape index (κ1) is 18.1. The number of hydrogen-bond acceptors (Lipinski definition) is 4. The highest BCUT2D eigenvalue weighted by Gasteiger charge is 2.43. The number of nitrogens with zero attached hydrogens (tertiary/aromatic N) is 1. The third-order valence-electron chi connectivity index (χ3n) is 5.95. The molecule has 0 aromatic heterocycles. The predicted molar refractivity (Wildman–Crippen MR) is 100 cm³/mol. The Labute approximate surface area is 150 Å². The van der Waals surface area contributed by atoms with Gasteiger partial charge in [0, 0.05) is 11.5 Å². The third kappa shape index (κ3) is 3.49. The summed E-state index contributed by atoms with van der Waals surface area (Å²) >= 11 is 0. The first-order chi connectivity index (χ1) is 12.0. The summed E-state index contributed by atoms with van der Waals surface area (Å²) in [6, 6.07) is 4.02. The van der Waals surface area contributed by atoms with Crippen LogP contribution in [0.25, 0.3) is 0 Å². The van der Waals surface area contributed by atoms with Crippen molar-refractivity contribution in [2.45, 2.75) is 89.6 Å². The zero-order valence-electron chi connectivity index (χ0n) is 15.7. The van der Waals surface area contributed by atoms with E-state index in [0.717, 1.165) is 42.6 Å². The van der Waals surface area contributed by atoms with E-state index < -0.39 is 0 Å². The highest BCUT2D eigenvalue weighted by molar-refractivity contribution is 5.91. The first-order valence-electron chi connectivity index (χ1n) is 9.72. The van der Waals surface area contributed by atoms with Crippen LogP contribution in [0.3, 0.4) is 0 Å². The summed E-state index contributed by atoms with van der Waals surface area (Å²) in [4.78, 5) is 0. The maximum absolute atomic E-state index is 10.7.